The molecule has 60 heavy (non-hydrogen) atoms. The van der Waals surface area contributed by atoms with Crippen LogP contribution in [0.1, 0.15) is 70.6 Å². The Labute approximate surface area is 349 Å². The van der Waals surface area contributed by atoms with Crippen molar-refractivity contribution in [2.24, 2.45) is 5.92 Å². The van der Waals surface area contributed by atoms with Crippen LogP contribution >= 0.6 is 8.15 Å². The maximum atomic E-state index is 13.8. The van der Waals surface area contributed by atoms with Crippen molar-refractivity contribution in [2.45, 2.75) is 82.8 Å². The zero-order valence-corrected chi connectivity index (χ0v) is 35.5. The molecule has 5 aromatic rings. The first-order chi connectivity index (χ1) is 28.9. The molecule has 4 amide bonds. The molecule has 0 aliphatic carbocycles. The average molecular weight is 835 g/mol. The van der Waals surface area contributed by atoms with Crippen LogP contribution in [0, 0.1) is 5.92 Å². The molecule has 314 valence electrons. The number of nitrogens with one attached hydrogen (secondary N) is 4. The predicted molar refractivity (Wildman–Crippen MR) is 228 cm³/mol. The van der Waals surface area contributed by atoms with Crippen LogP contribution in [0.15, 0.2) is 73.1 Å². The van der Waals surface area contributed by atoms with Gasteiger partial charge in [0.2, 0.25) is 5.91 Å². The Bertz CT molecular complexity index is 2400. The molecule has 8 rings (SSSR count). The number of nitrogens with zero attached hydrogens (tertiary/aromatic N) is 4. The fraction of sp³-hybridized carbons (Fsp3) is 0.409. The SMILES string of the molecule is COC(=O)NC(C(=O)N1CCCC1c1ncc(-c2ccc3cc(-c4ccc(-c5cnc(C6C(C(=O)N(NC(=O)OC)C(C)C)OP7CCC67)[nH]5)cc4)ccc3c2)[nH]1)C(C)C. The topological polar surface area (TPSA) is 184 Å². The van der Waals surface area contributed by atoms with E-state index in [1.807, 2.05) is 45.0 Å². The largest absolute Gasteiger partial charge is 0.453 e. The lowest BCUT2D eigenvalue weighted by Gasteiger charge is -2.31. The molecule has 0 radical (unpaired) electrons. The normalized spacial score (nSPS) is 21.4. The molecule has 6 unspecified atom stereocenters. The number of amides is 4. The molecule has 6 atom stereocenters. The number of benzene rings is 3. The first-order valence-corrected chi connectivity index (χ1v) is 22.0. The number of H-pyrrole nitrogens is 2. The van der Waals surface area contributed by atoms with Gasteiger partial charge in [0.05, 0.1) is 50.0 Å². The Morgan fingerprint density at radius 2 is 1.43 bits per heavy atom. The second-order valence-electron chi connectivity index (χ2n) is 16.2. The summed E-state index contributed by atoms with van der Waals surface area (Å²) in [6.07, 6.45) is 5.08. The number of ether oxygens (including phenoxy) is 2. The van der Waals surface area contributed by atoms with Crippen molar-refractivity contribution in [1.29, 1.82) is 0 Å². The van der Waals surface area contributed by atoms with E-state index in [4.69, 9.17) is 24.0 Å². The van der Waals surface area contributed by atoms with Crippen molar-refractivity contribution >= 4 is 42.9 Å². The monoisotopic (exact) mass is 834 g/mol. The third-order valence-corrected chi connectivity index (χ3v) is 14.3. The van der Waals surface area contributed by atoms with Crippen molar-refractivity contribution in [3.8, 4) is 33.6 Å². The van der Waals surface area contributed by atoms with Crippen molar-refractivity contribution in [3.05, 3.63) is 84.7 Å². The minimum absolute atomic E-state index is 0.108. The van der Waals surface area contributed by atoms with Gasteiger partial charge in [-0.3, -0.25) is 9.59 Å². The second kappa shape index (κ2) is 17.1. The van der Waals surface area contributed by atoms with E-state index in [-0.39, 0.29) is 41.4 Å². The van der Waals surface area contributed by atoms with Crippen LogP contribution in [0.3, 0.4) is 0 Å². The quantitative estimate of drug-likeness (QED) is 0.0818. The van der Waals surface area contributed by atoms with E-state index in [2.05, 4.69) is 81.4 Å². The minimum Gasteiger partial charge on any atom is -0.453 e. The van der Waals surface area contributed by atoms with Gasteiger partial charge in [-0.25, -0.2) is 30.0 Å². The van der Waals surface area contributed by atoms with E-state index >= 15 is 0 Å². The molecular formula is C44H51N8O7P. The highest BCUT2D eigenvalue weighted by Gasteiger charge is 2.55. The average Bonchev–Trinajstić information content (AvgIpc) is 4.07. The van der Waals surface area contributed by atoms with E-state index < -0.39 is 32.5 Å². The van der Waals surface area contributed by atoms with Crippen LogP contribution in [0.2, 0.25) is 0 Å². The molecule has 3 fully saturated rings. The summed E-state index contributed by atoms with van der Waals surface area (Å²) >= 11 is 0. The minimum atomic E-state index is -0.757. The molecule has 2 aromatic heterocycles. The Morgan fingerprint density at radius 3 is 2.08 bits per heavy atom. The molecule has 16 heteroatoms. The highest BCUT2D eigenvalue weighted by atomic mass is 31.1. The zero-order valence-electron chi connectivity index (χ0n) is 34.6. The van der Waals surface area contributed by atoms with Crippen molar-refractivity contribution in [2.75, 3.05) is 26.9 Å². The Kier molecular flexibility index (Phi) is 11.6. The number of alkyl carbamates (subject to hydrolysis) is 1. The number of imidazole rings is 2. The highest BCUT2D eigenvalue weighted by molar-refractivity contribution is 7.55. The number of methoxy groups -OCH3 is 2. The number of aromatic nitrogens is 4. The highest BCUT2D eigenvalue weighted by Crippen LogP contribution is 2.66. The molecule has 5 heterocycles. The fourth-order valence-corrected chi connectivity index (χ4v) is 10.7. The lowest BCUT2D eigenvalue weighted by Crippen LogP contribution is -2.54. The summed E-state index contributed by atoms with van der Waals surface area (Å²) in [6.45, 7) is 8.05. The molecule has 3 saturated heterocycles. The predicted octanol–water partition coefficient (Wildman–Crippen LogP) is 7.49. The summed E-state index contributed by atoms with van der Waals surface area (Å²) in [5.41, 5.74) is 8.61. The van der Waals surface area contributed by atoms with Gasteiger partial charge in [0.25, 0.3) is 5.91 Å². The van der Waals surface area contributed by atoms with Crippen LogP contribution in [0.25, 0.3) is 44.4 Å². The molecule has 4 N–H and O–H groups in total. The number of hydrogen-bond acceptors (Lipinski definition) is 9. The molecule has 0 spiro atoms. The Hall–Kier alpha value is -5.79. The van der Waals surface area contributed by atoms with Gasteiger partial charge in [-0.1, -0.05) is 62.4 Å². The van der Waals surface area contributed by atoms with Gasteiger partial charge >= 0.3 is 12.2 Å². The van der Waals surface area contributed by atoms with Crippen LogP contribution < -0.4 is 10.7 Å². The van der Waals surface area contributed by atoms with Gasteiger partial charge < -0.3 is 34.2 Å². The number of hydrazine groups is 1. The number of carbonyl (C=O) groups excluding carboxylic acids is 4. The first kappa shape index (κ1) is 41.0. The number of fused-ring (bicyclic) bond motifs is 2. The lowest BCUT2D eigenvalue weighted by atomic mass is 9.94. The van der Waals surface area contributed by atoms with E-state index in [9.17, 15) is 19.2 Å². The number of rotatable bonds is 10. The van der Waals surface area contributed by atoms with Crippen molar-refractivity contribution in [3.63, 3.8) is 0 Å². The van der Waals surface area contributed by atoms with Gasteiger partial charge in [0.15, 0.2) is 6.10 Å². The van der Waals surface area contributed by atoms with Crippen LogP contribution in [0.5, 0.6) is 0 Å². The number of likely N-dealkylation sites (tertiary alicyclic amines) is 1. The molecule has 0 bridgehead atoms. The smallest absolute Gasteiger partial charge is 0.425 e. The van der Waals surface area contributed by atoms with Crippen LogP contribution in [0.4, 0.5) is 9.59 Å². The van der Waals surface area contributed by atoms with Gasteiger partial charge in [-0.05, 0) is 84.8 Å². The number of aromatic amines is 2. The maximum Gasteiger partial charge on any atom is 0.425 e. The summed E-state index contributed by atoms with van der Waals surface area (Å²) in [4.78, 5) is 69.6. The van der Waals surface area contributed by atoms with Gasteiger partial charge in [-0.2, -0.15) is 0 Å². The van der Waals surface area contributed by atoms with E-state index in [1.54, 1.807) is 0 Å². The molecule has 15 nitrogen and oxygen atoms in total. The summed E-state index contributed by atoms with van der Waals surface area (Å²) in [5.74, 6) is 0.640. The van der Waals surface area contributed by atoms with Gasteiger partial charge in [0, 0.05) is 32.0 Å². The van der Waals surface area contributed by atoms with E-state index in [1.165, 1.54) is 19.2 Å². The van der Waals surface area contributed by atoms with Gasteiger partial charge in [-0.15, -0.1) is 0 Å². The second-order valence-corrected chi connectivity index (χ2v) is 18.4. The summed E-state index contributed by atoms with van der Waals surface area (Å²) < 4.78 is 15.8. The lowest BCUT2D eigenvalue weighted by molar-refractivity contribution is -0.143. The fourth-order valence-electron chi connectivity index (χ4n) is 8.46. The summed E-state index contributed by atoms with van der Waals surface area (Å²) in [5, 5.41) is 6.18. The maximum absolute atomic E-state index is 13.8. The number of carbonyl (C=O) groups is 4. The van der Waals surface area contributed by atoms with E-state index in [0.717, 1.165) is 75.7 Å². The standard InChI is InChI=1S/C44H51N8O7P/c1-24(2)37(49-43(55)57-5)41(53)51-18-7-8-34(51)39-45-23-33(47-39)31-16-15-29-20-28(13-14-30(29)21-31)26-9-11-27(12-10-26)32-22-46-40(48-32)36-35-17-19-60(35)59-38(36)42(54)52(25(3)4)50-44(56)58-6/h9-16,20-25,34-38H,7-8,17-19H2,1-6H3,(H,45,47)(H,46,48)(H,49,55)(H,50,56). The summed E-state index contributed by atoms with van der Waals surface area (Å²) in [7, 11) is 1.81. The molecule has 3 aliphatic heterocycles. The van der Waals surface area contributed by atoms with Crippen LogP contribution in [-0.4, -0.2) is 105 Å². The van der Waals surface area contributed by atoms with Crippen molar-refractivity contribution < 1.29 is 33.2 Å². The van der Waals surface area contributed by atoms with Crippen molar-refractivity contribution in [1.82, 2.24) is 40.6 Å². The van der Waals surface area contributed by atoms with Gasteiger partial charge in [0.1, 0.15) is 17.7 Å². The zero-order chi connectivity index (χ0) is 42.2. The Morgan fingerprint density at radius 1 is 0.817 bits per heavy atom. The van der Waals surface area contributed by atoms with E-state index in [0.29, 0.717) is 12.4 Å². The molecular weight excluding hydrogens is 784 g/mol. The molecule has 3 aliphatic rings. The Balaban J connectivity index is 0.953. The summed E-state index contributed by atoms with van der Waals surface area (Å²) in [6, 6.07) is 19.9. The molecule has 0 saturated carbocycles. The molecule has 3 aromatic carbocycles. The first-order valence-electron chi connectivity index (χ1n) is 20.4. The third-order valence-electron chi connectivity index (χ3n) is 11.8. The van der Waals surface area contributed by atoms with Crippen LogP contribution in [-0.2, 0) is 23.6 Å². The number of hydrogen-bond donors (Lipinski definition) is 4. The third kappa shape index (κ3) is 7.95.